The number of hydrogen-bond donors (Lipinski definition) is 4. The SMILES string of the molecule is CCCCCCCCCCCCOC1OC(C)C(OC2OC(C)C(OC(C)=O)C(OC3OC(C)C(O)C(OC(C)=O)C3OC(C)=O)C2O)C(O)C1O. The van der Waals surface area contributed by atoms with Crippen LogP contribution in [0, 0.1) is 0 Å². The van der Waals surface area contributed by atoms with Gasteiger partial charge in [0.15, 0.2) is 37.2 Å². The number of aliphatic hydroxyl groups excluding tert-OH is 4. The maximum atomic E-state index is 12.1. The van der Waals surface area contributed by atoms with Crippen LogP contribution in [0.1, 0.15) is 113 Å². The molecule has 15 unspecified atom stereocenters. The van der Waals surface area contributed by atoms with Crippen LogP contribution >= 0.6 is 0 Å². The maximum Gasteiger partial charge on any atom is 0.303 e. The first kappa shape index (κ1) is 44.4. The molecule has 302 valence electrons. The van der Waals surface area contributed by atoms with Crippen LogP contribution in [-0.2, 0) is 57.0 Å². The molecular weight excluding hydrogens is 688 g/mol. The monoisotopic (exact) mass is 750 g/mol. The summed E-state index contributed by atoms with van der Waals surface area (Å²) >= 11 is 0. The molecule has 0 saturated carbocycles. The fraction of sp³-hybridized carbons (Fsp3) is 0.917. The first-order valence-electron chi connectivity index (χ1n) is 18.8. The maximum absolute atomic E-state index is 12.1. The van der Waals surface area contributed by atoms with Gasteiger partial charge in [0.25, 0.3) is 0 Å². The van der Waals surface area contributed by atoms with E-state index < -0.39 is 110 Å². The van der Waals surface area contributed by atoms with E-state index in [4.69, 9.17) is 42.6 Å². The fourth-order valence-corrected chi connectivity index (χ4v) is 6.78. The number of hydrogen-bond acceptors (Lipinski definition) is 16. The standard InChI is InChI=1S/C36H62O16/c1-8-9-10-11-12-13-14-15-16-17-18-44-34-27(42)26(41)29(20(3)46-34)51-35-28(43)32(30(21(4)47-35)48-22(5)37)52-36-33(50-24(7)39)31(49-23(6)38)25(40)19(2)45-36/h19-21,25-36,40-43H,8-18H2,1-7H3. The minimum atomic E-state index is -1.72. The van der Waals surface area contributed by atoms with Crippen LogP contribution < -0.4 is 0 Å². The zero-order chi connectivity index (χ0) is 38.5. The molecule has 3 heterocycles. The molecule has 0 aromatic carbocycles. The summed E-state index contributed by atoms with van der Waals surface area (Å²) < 4.78 is 51.6. The van der Waals surface area contributed by atoms with Gasteiger partial charge in [-0.3, -0.25) is 14.4 Å². The molecular formula is C36H62O16. The predicted molar refractivity (Wildman–Crippen MR) is 181 cm³/mol. The van der Waals surface area contributed by atoms with Gasteiger partial charge in [0, 0.05) is 27.4 Å². The normalized spacial score (nSPS) is 38.0. The van der Waals surface area contributed by atoms with E-state index in [1.165, 1.54) is 58.8 Å². The van der Waals surface area contributed by atoms with Crippen molar-refractivity contribution in [3.05, 3.63) is 0 Å². The van der Waals surface area contributed by atoms with E-state index in [2.05, 4.69) is 6.92 Å². The summed E-state index contributed by atoms with van der Waals surface area (Å²) in [6.07, 6.45) is -8.24. The van der Waals surface area contributed by atoms with E-state index in [0.29, 0.717) is 6.61 Å². The van der Waals surface area contributed by atoms with E-state index in [1.54, 1.807) is 6.92 Å². The Hall–Kier alpha value is -1.99. The van der Waals surface area contributed by atoms with E-state index in [9.17, 15) is 34.8 Å². The van der Waals surface area contributed by atoms with Gasteiger partial charge in [-0.15, -0.1) is 0 Å². The molecule has 16 heteroatoms. The molecule has 0 amide bonds. The Bertz CT molecular complexity index is 1090. The highest BCUT2D eigenvalue weighted by molar-refractivity contribution is 5.67. The van der Waals surface area contributed by atoms with Crippen molar-refractivity contribution in [2.24, 2.45) is 0 Å². The van der Waals surface area contributed by atoms with Crippen LogP contribution in [0.25, 0.3) is 0 Å². The highest BCUT2D eigenvalue weighted by atomic mass is 16.8. The Morgan fingerprint density at radius 1 is 0.481 bits per heavy atom. The van der Waals surface area contributed by atoms with Crippen molar-refractivity contribution < 1.29 is 77.4 Å². The van der Waals surface area contributed by atoms with Crippen molar-refractivity contribution in [1.82, 2.24) is 0 Å². The van der Waals surface area contributed by atoms with Crippen molar-refractivity contribution in [2.75, 3.05) is 6.61 Å². The second-order valence-electron chi connectivity index (χ2n) is 14.1. The molecule has 15 atom stereocenters. The molecule has 0 aromatic heterocycles. The van der Waals surface area contributed by atoms with Crippen molar-refractivity contribution >= 4 is 17.9 Å². The van der Waals surface area contributed by atoms with Gasteiger partial charge in [-0.05, 0) is 27.2 Å². The highest BCUT2D eigenvalue weighted by Crippen LogP contribution is 2.35. The largest absolute Gasteiger partial charge is 0.457 e. The summed E-state index contributed by atoms with van der Waals surface area (Å²) in [5, 5.41) is 44.3. The minimum absolute atomic E-state index is 0.341. The number of ether oxygens (including phenoxy) is 9. The highest BCUT2D eigenvalue weighted by Gasteiger charge is 2.55. The van der Waals surface area contributed by atoms with E-state index in [1.807, 2.05) is 0 Å². The topological polar surface area (TPSA) is 215 Å². The summed E-state index contributed by atoms with van der Waals surface area (Å²) in [7, 11) is 0. The molecule has 3 fully saturated rings. The van der Waals surface area contributed by atoms with E-state index in [-0.39, 0.29) is 0 Å². The van der Waals surface area contributed by atoms with E-state index >= 15 is 0 Å². The molecule has 0 bridgehead atoms. The summed E-state index contributed by atoms with van der Waals surface area (Å²) in [4.78, 5) is 36.0. The summed E-state index contributed by atoms with van der Waals surface area (Å²) in [5.41, 5.74) is 0. The van der Waals surface area contributed by atoms with Gasteiger partial charge in [0.05, 0.1) is 18.3 Å². The summed E-state index contributed by atoms with van der Waals surface area (Å²) in [6.45, 7) is 10.6. The quantitative estimate of drug-likeness (QED) is 0.0846. The lowest BCUT2D eigenvalue weighted by Crippen LogP contribution is -2.66. The molecule has 4 N–H and O–H groups in total. The zero-order valence-corrected chi connectivity index (χ0v) is 31.6. The third-order valence-electron chi connectivity index (χ3n) is 9.55. The second-order valence-corrected chi connectivity index (χ2v) is 14.1. The Kier molecular flexibility index (Phi) is 18.6. The van der Waals surface area contributed by atoms with Crippen LogP contribution in [0.4, 0.5) is 0 Å². The number of carbonyl (C=O) groups is 3. The zero-order valence-electron chi connectivity index (χ0n) is 31.6. The molecule has 3 rings (SSSR count). The van der Waals surface area contributed by atoms with Gasteiger partial charge >= 0.3 is 17.9 Å². The molecule has 52 heavy (non-hydrogen) atoms. The Labute approximate surface area is 306 Å². The van der Waals surface area contributed by atoms with Crippen LogP contribution in [0.3, 0.4) is 0 Å². The third kappa shape index (κ3) is 12.8. The van der Waals surface area contributed by atoms with E-state index in [0.717, 1.165) is 40.0 Å². The molecule has 0 aliphatic carbocycles. The van der Waals surface area contributed by atoms with Gasteiger partial charge in [-0.25, -0.2) is 0 Å². The Morgan fingerprint density at radius 2 is 0.942 bits per heavy atom. The lowest BCUT2D eigenvalue weighted by molar-refractivity contribution is -0.374. The minimum Gasteiger partial charge on any atom is -0.457 e. The predicted octanol–water partition coefficient (Wildman–Crippen LogP) is 2.17. The average Bonchev–Trinajstić information content (AvgIpc) is 3.07. The number of aliphatic hydroxyl groups is 4. The second kappa shape index (κ2) is 21.8. The number of rotatable bonds is 19. The molecule has 3 saturated heterocycles. The van der Waals surface area contributed by atoms with Crippen molar-refractivity contribution in [2.45, 2.75) is 205 Å². The fourth-order valence-electron chi connectivity index (χ4n) is 6.78. The van der Waals surface area contributed by atoms with Crippen LogP contribution in [0.5, 0.6) is 0 Å². The lowest BCUT2D eigenvalue weighted by Gasteiger charge is -2.48. The smallest absolute Gasteiger partial charge is 0.303 e. The molecule has 0 spiro atoms. The van der Waals surface area contributed by atoms with Crippen LogP contribution in [-0.4, -0.2) is 137 Å². The first-order valence-corrected chi connectivity index (χ1v) is 18.8. The van der Waals surface area contributed by atoms with Crippen LogP contribution in [0.2, 0.25) is 0 Å². The van der Waals surface area contributed by atoms with Crippen molar-refractivity contribution in [3.63, 3.8) is 0 Å². The molecule has 3 aliphatic rings. The number of esters is 3. The van der Waals surface area contributed by atoms with Gasteiger partial charge < -0.3 is 63.1 Å². The molecule has 0 radical (unpaired) electrons. The Morgan fingerprint density at radius 3 is 1.52 bits per heavy atom. The van der Waals surface area contributed by atoms with Gasteiger partial charge in [0.1, 0.15) is 36.6 Å². The van der Waals surface area contributed by atoms with Crippen LogP contribution in [0.15, 0.2) is 0 Å². The first-order chi connectivity index (χ1) is 24.7. The van der Waals surface area contributed by atoms with Gasteiger partial charge in [-0.1, -0.05) is 64.7 Å². The molecule has 0 aromatic rings. The number of carbonyl (C=O) groups excluding carboxylic acids is 3. The molecule has 3 aliphatic heterocycles. The molecule has 16 nitrogen and oxygen atoms in total. The third-order valence-corrected chi connectivity index (χ3v) is 9.55. The van der Waals surface area contributed by atoms with Crippen molar-refractivity contribution in [1.29, 1.82) is 0 Å². The summed E-state index contributed by atoms with van der Waals surface area (Å²) in [6, 6.07) is 0. The Balaban J connectivity index is 1.65. The summed E-state index contributed by atoms with van der Waals surface area (Å²) in [5.74, 6) is -2.29. The number of unbranched alkanes of at least 4 members (excludes halogenated alkanes) is 9. The lowest BCUT2D eigenvalue weighted by atomic mass is 9.96. The average molecular weight is 751 g/mol. The van der Waals surface area contributed by atoms with Gasteiger partial charge in [0.2, 0.25) is 0 Å². The van der Waals surface area contributed by atoms with Crippen molar-refractivity contribution in [3.8, 4) is 0 Å². The van der Waals surface area contributed by atoms with Gasteiger partial charge in [-0.2, -0.15) is 0 Å².